The van der Waals surface area contributed by atoms with E-state index in [1.807, 2.05) is 13.0 Å². The topological polar surface area (TPSA) is 17.1 Å². The van der Waals surface area contributed by atoms with Gasteiger partial charge in [0.1, 0.15) is 5.78 Å². The molecule has 0 unspecified atom stereocenters. The van der Waals surface area contributed by atoms with Crippen LogP contribution in [0.1, 0.15) is 46.5 Å². The van der Waals surface area contributed by atoms with Gasteiger partial charge >= 0.3 is 0 Å². The number of hydrogen-bond acceptors (Lipinski definition) is 1. The summed E-state index contributed by atoms with van der Waals surface area (Å²) in [5.74, 6) is 0.288. The second kappa shape index (κ2) is 5.13. The second-order valence-electron chi connectivity index (χ2n) is 3.71. The molecule has 12 heavy (non-hydrogen) atoms. The fourth-order valence-electron chi connectivity index (χ4n) is 1.31. The summed E-state index contributed by atoms with van der Waals surface area (Å²) in [7, 11) is 0. The van der Waals surface area contributed by atoms with Crippen molar-refractivity contribution in [2.24, 2.45) is 5.41 Å². The molecule has 0 N–H and O–H groups in total. The van der Waals surface area contributed by atoms with Gasteiger partial charge in [0.2, 0.25) is 0 Å². The van der Waals surface area contributed by atoms with E-state index in [9.17, 15) is 4.79 Å². The van der Waals surface area contributed by atoms with Gasteiger partial charge in [-0.3, -0.25) is 4.79 Å². The zero-order valence-electron chi connectivity index (χ0n) is 8.52. The molecular weight excluding hydrogens is 148 g/mol. The van der Waals surface area contributed by atoms with Crippen molar-refractivity contribution in [1.29, 1.82) is 0 Å². The number of carbonyl (C=O) groups excluding carboxylic acids is 1. The first kappa shape index (κ1) is 11.4. The average molecular weight is 168 g/mol. The lowest BCUT2D eigenvalue weighted by atomic mass is 9.78. The van der Waals surface area contributed by atoms with Gasteiger partial charge in [0.25, 0.3) is 0 Å². The van der Waals surface area contributed by atoms with Crippen LogP contribution in [0.2, 0.25) is 0 Å². The van der Waals surface area contributed by atoms with Crippen molar-refractivity contribution in [3.8, 4) is 0 Å². The maximum atomic E-state index is 11.3. The number of ketones is 1. The zero-order valence-corrected chi connectivity index (χ0v) is 8.52. The number of allylic oxidation sites excluding steroid dienone is 1. The smallest absolute Gasteiger partial charge is 0.135 e. The summed E-state index contributed by atoms with van der Waals surface area (Å²) in [6.45, 7) is 9.55. The lowest BCUT2D eigenvalue weighted by Crippen LogP contribution is -2.24. The standard InChI is InChI=1S/C11H20O/c1-5-7-9-11(4,8-6-2)10(3)12/h6H,2,5,7-9H2,1,3-4H3/t11-/m0/s1. The van der Waals surface area contributed by atoms with Crippen LogP contribution in [-0.4, -0.2) is 5.78 Å². The minimum absolute atomic E-state index is 0.155. The molecule has 0 spiro atoms. The third kappa shape index (κ3) is 3.21. The van der Waals surface area contributed by atoms with E-state index in [1.54, 1.807) is 6.92 Å². The quantitative estimate of drug-likeness (QED) is 0.556. The van der Waals surface area contributed by atoms with E-state index in [2.05, 4.69) is 13.5 Å². The maximum absolute atomic E-state index is 11.3. The molecule has 1 atom stereocenters. The minimum Gasteiger partial charge on any atom is -0.299 e. The van der Waals surface area contributed by atoms with Gasteiger partial charge in [-0.25, -0.2) is 0 Å². The van der Waals surface area contributed by atoms with Gasteiger partial charge in [-0.2, -0.15) is 0 Å². The van der Waals surface area contributed by atoms with E-state index in [0.29, 0.717) is 0 Å². The van der Waals surface area contributed by atoms with Crippen molar-refractivity contribution in [3.05, 3.63) is 12.7 Å². The van der Waals surface area contributed by atoms with Crippen LogP contribution in [-0.2, 0) is 4.79 Å². The van der Waals surface area contributed by atoms with Gasteiger partial charge in [-0.1, -0.05) is 32.8 Å². The van der Waals surface area contributed by atoms with Crippen molar-refractivity contribution in [3.63, 3.8) is 0 Å². The Balaban J connectivity index is 4.17. The van der Waals surface area contributed by atoms with Gasteiger partial charge in [-0.05, 0) is 19.8 Å². The minimum atomic E-state index is -0.155. The Kier molecular flexibility index (Phi) is 4.87. The summed E-state index contributed by atoms with van der Waals surface area (Å²) in [4.78, 5) is 11.3. The molecule has 0 aliphatic rings. The van der Waals surface area contributed by atoms with E-state index in [0.717, 1.165) is 25.7 Å². The van der Waals surface area contributed by atoms with Gasteiger partial charge < -0.3 is 0 Å². The van der Waals surface area contributed by atoms with Crippen LogP contribution in [0.3, 0.4) is 0 Å². The first-order valence-corrected chi connectivity index (χ1v) is 4.68. The Bertz CT molecular complexity index is 160. The Morgan fingerprint density at radius 3 is 2.50 bits per heavy atom. The molecule has 0 saturated carbocycles. The normalized spacial score (nSPS) is 15.2. The van der Waals surface area contributed by atoms with Crippen molar-refractivity contribution in [1.82, 2.24) is 0 Å². The summed E-state index contributed by atoms with van der Waals surface area (Å²) in [6.07, 6.45) is 5.92. The fourth-order valence-corrected chi connectivity index (χ4v) is 1.31. The number of unbranched alkanes of at least 4 members (excludes halogenated alkanes) is 1. The Morgan fingerprint density at radius 1 is 1.58 bits per heavy atom. The third-order valence-corrected chi connectivity index (χ3v) is 2.53. The molecule has 0 amide bonds. The van der Waals surface area contributed by atoms with Gasteiger partial charge in [0, 0.05) is 5.41 Å². The van der Waals surface area contributed by atoms with E-state index in [4.69, 9.17) is 0 Å². The molecule has 0 saturated heterocycles. The summed E-state index contributed by atoms with van der Waals surface area (Å²) < 4.78 is 0. The molecule has 0 aromatic carbocycles. The molecular formula is C11H20O. The average Bonchev–Trinajstić information content (AvgIpc) is 2.01. The first-order chi connectivity index (χ1) is 5.56. The van der Waals surface area contributed by atoms with Crippen LogP contribution < -0.4 is 0 Å². The summed E-state index contributed by atoms with van der Waals surface area (Å²) in [5, 5.41) is 0. The molecule has 1 heteroatoms. The molecule has 0 aliphatic heterocycles. The molecule has 0 aromatic rings. The van der Waals surface area contributed by atoms with Gasteiger partial charge in [0.05, 0.1) is 0 Å². The van der Waals surface area contributed by atoms with Crippen LogP contribution >= 0.6 is 0 Å². The van der Waals surface area contributed by atoms with E-state index in [1.165, 1.54) is 0 Å². The first-order valence-electron chi connectivity index (χ1n) is 4.68. The molecule has 0 rings (SSSR count). The predicted molar refractivity (Wildman–Crippen MR) is 53.1 cm³/mol. The predicted octanol–water partition coefficient (Wildman–Crippen LogP) is 3.35. The Hall–Kier alpha value is -0.590. The van der Waals surface area contributed by atoms with Crippen LogP contribution in [0.5, 0.6) is 0 Å². The lowest BCUT2D eigenvalue weighted by molar-refractivity contribution is -0.126. The highest BCUT2D eigenvalue weighted by Crippen LogP contribution is 2.29. The van der Waals surface area contributed by atoms with Gasteiger partial charge in [-0.15, -0.1) is 6.58 Å². The van der Waals surface area contributed by atoms with Crippen molar-refractivity contribution in [2.45, 2.75) is 46.5 Å². The van der Waals surface area contributed by atoms with Crippen LogP contribution in [0, 0.1) is 5.41 Å². The Labute approximate surface area is 75.9 Å². The maximum Gasteiger partial charge on any atom is 0.135 e. The number of carbonyl (C=O) groups is 1. The largest absolute Gasteiger partial charge is 0.299 e. The highest BCUT2D eigenvalue weighted by molar-refractivity contribution is 5.82. The zero-order chi connectivity index (χ0) is 9.61. The number of rotatable bonds is 6. The van der Waals surface area contributed by atoms with E-state index >= 15 is 0 Å². The SMILES string of the molecule is C=CC[C@@](C)(CCCC)C(C)=O. The summed E-state index contributed by atoms with van der Waals surface area (Å²) in [6, 6.07) is 0. The monoisotopic (exact) mass is 168 g/mol. The van der Waals surface area contributed by atoms with E-state index in [-0.39, 0.29) is 11.2 Å². The summed E-state index contributed by atoms with van der Waals surface area (Å²) in [5.41, 5.74) is -0.155. The molecule has 0 bridgehead atoms. The lowest BCUT2D eigenvalue weighted by Gasteiger charge is -2.24. The molecule has 0 heterocycles. The van der Waals surface area contributed by atoms with E-state index < -0.39 is 0 Å². The third-order valence-electron chi connectivity index (χ3n) is 2.53. The van der Waals surface area contributed by atoms with Crippen molar-refractivity contribution < 1.29 is 4.79 Å². The van der Waals surface area contributed by atoms with Crippen molar-refractivity contribution in [2.75, 3.05) is 0 Å². The van der Waals surface area contributed by atoms with Gasteiger partial charge in [0.15, 0.2) is 0 Å². The van der Waals surface area contributed by atoms with Crippen LogP contribution in [0.15, 0.2) is 12.7 Å². The molecule has 0 aliphatic carbocycles. The second-order valence-corrected chi connectivity index (χ2v) is 3.71. The summed E-state index contributed by atoms with van der Waals surface area (Å²) >= 11 is 0. The molecule has 0 radical (unpaired) electrons. The highest BCUT2D eigenvalue weighted by Gasteiger charge is 2.26. The van der Waals surface area contributed by atoms with Crippen LogP contribution in [0.25, 0.3) is 0 Å². The highest BCUT2D eigenvalue weighted by atomic mass is 16.1. The molecule has 70 valence electrons. The number of hydrogen-bond donors (Lipinski definition) is 0. The Morgan fingerprint density at radius 2 is 2.17 bits per heavy atom. The fraction of sp³-hybridized carbons (Fsp3) is 0.727. The molecule has 0 fully saturated rings. The van der Waals surface area contributed by atoms with Crippen LogP contribution in [0.4, 0.5) is 0 Å². The number of Topliss-reactive ketones (excluding diaryl/α,β-unsaturated/α-hetero) is 1. The molecule has 1 nitrogen and oxygen atoms in total. The van der Waals surface area contributed by atoms with Crippen molar-refractivity contribution >= 4 is 5.78 Å². The molecule has 0 aromatic heterocycles.